The minimum absolute atomic E-state index is 0.0235. The van der Waals surface area contributed by atoms with Crippen LogP contribution < -0.4 is 4.90 Å². The number of hydrogen-bond acceptors (Lipinski definition) is 6. The van der Waals surface area contributed by atoms with E-state index in [-0.39, 0.29) is 29.2 Å². The molecule has 9 heteroatoms. The fraction of sp³-hybridized carbons (Fsp3) is 0.500. The molecule has 0 radical (unpaired) electrons. The van der Waals surface area contributed by atoms with E-state index < -0.39 is 9.84 Å². The molecule has 0 unspecified atom stereocenters. The molecule has 2 aromatic rings. The maximum absolute atomic E-state index is 13.1. The van der Waals surface area contributed by atoms with Crippen molar-refractivity contribution in [2.45, 2.75) is 43.4 Å². The molecule has 1 saturated carbocycles. The summed E-state index contributed by atoms with van der Waals surface area (Å²) in [5.74, 6) is 1.13. The minimum Gasteiger partial charge on any atom is -0.308 e. The van der Waals surface area contributed by atoms with Crippen LogP contribution in [0, 0.1) is 6.92 Å². The van der Waals surface area contributed by atoms with Crippen molar-refractivity contribution in [2.24, 2.45) is 0 Å². The van der Waals surface area contributed by atoms with Gasteiger partial charge in [0.05, 0.1) is 23.3 Å². The molecule has 2 aliphatic rings. The van der Waals surface area contributed by atoms with Crippen molar-refractivity contribution in [3.63, 3.8) is 0 Å². The molecule has 0 N–H and O–H groups in total. The second-order valence-corrected chi connectivity index (χ2v) is 10.2. The van der Waals surface area contributed by atoms with Gasteiger partial charge in [-0.1, -0.05) is 30.0 Å². The minimum atomic E-state index is -3.08. The molecule has 1 aliphatic carbocycles. The average Bonchev–Trinajstić information content (AvgIpc) is 3.32. The molecule has 0 bridgehead atoms. The molecule has 1 amide bonds. The highest BCUT2D eigenvalue weighted by Gasteiger charge is 2.36. The van der Waals surface area contributed by atoms with Gasteiger partial charge in [-0.05, 0) is 38.3 Å². The van der Waals surface area contributed by atoms with E-state index in [0.717, 1.165) is 29.5 Å². The van der Waals surface area contributed by atoms with Crippen LogP contribution in [0.3, 0.4) is 0 Å². The Morgan fingerprint density at radius 1 is 1.22 bits per heavy atom. The van der Waals surface area contributed by atoms with Gasteiger partial charge in [0, 0.05) is 11.7 Å². The number of carbonyl (C=O) groups is 1. The lowest BCUT2D eigenvalue weighted by atomic mass is 10.2. The fourth-order valence-electron chi connectivity index (χ4n) is 3.52. The summed E-state index contributed by atoms with van der Waals surface area (Å²) in [5, 5.41) is 9.11. The number of sulfone groups is 1. The van der Waals surface area contributed by atoms with E-state index in [0.29, 0.717) is 12.5 Å². The summed E-state index contributed by atoms with van der Waals surface area (Å²) >= 11 is 1.37. The van der Waals surface area contributed by atoms with E-state index in [9.17, 15) is 13.2 Å². The van der Waals surface area contributed by atoms with Gasteiger partial charge in [-0.15, -0.1) is 10.2 Å². The van der Waals surface area contributed by atoms with Gasteiger partial charge in [-0.2, -0.15) is 0 Å². The highest BCUT2D eigenvalue weighted by Crippen LogP contribution is 2.38. The molecule has 1 atom stereocenters. The van der Waals surface area contributed by atoms with Crippen molar-refractivity contribution >= 4 is 33.2 Å². The van der Waals surface area contributed by atoms with Crippen molar-refractivity contribution < 1.29 is 13.2 Å². The first-order chi connectivity index (χ1) is 12.9. The zero-order valence-corrected chi connectivity index (χ0v) is 16.7. The third-order valence-electron chi connectivity index (χ3n) is 4.95. The fourth-order valence-corrected chi connectivity index (χ4v) is 6.13. The Morgan fingerprint density at radius 3 is 2.59 bits per heavy atom. The Bertz CT molecular complexity index is 939. The topological polar surface area (TPSA) is 85.2 Å². The smallest absolute Gasteiger partial charge is 0.237 e. The second kappa shape index (κ2) is 7.27. The molecular formula is C18H22N4O3S2. The molecule has 144 valence electrons. The third-order valence-corrected chi connectivity index (χ3v) is 7.63. The van der Waals surface area contributed by atoms with Crippen molar-refractivity contribution in [2.75, 3.05) is 22.2 Å². The van der Waals surface area contributed by atoms with Crippen LogP contribution in [0.5, 0.6) is 0 Å². The van der Waals surface area contributed by atoms with Gasteiger partial charge in [0.2, 0.25) is 5.91 Å². The van der Waals surface area contributed by atoms with Crippen molar-refractivity contribution in [1.29, 1.82) is 0 Å². The van der Waals surface area contributed by atoms with Crippen LogP contribution in [-0.4, -0.2) is 52.4 Å². The van der Waals surface area contributed by atoms with Crippen LogP contribution >= 0.6 is 11.8 Å². The Labute approximate surface area is 163 Å². The lowest BCUT2D eigenvalue weighted by Gasteiger charge is -2.28. The molecule has 7 nitrogen and oxygen atoms in total. The summed E-state index contributed by atoms with van der Waals surface area (Å²) in [4.78, 5) is 14.7. The summed E-state index contributed by atoms with van der Waals surface area (Å²) in [6.45, 7) is 1.93. The number of benzene rings is 1. The summed E-state index contributed by atoms with van der Waals surface area (Å²) in [7, 11) is -3.08. The number of aromatic nitrogens is 3. The Kier molecular flexibility index (Phi) is 4.98. The van der Waals surface area contributed by atoms with E-state index in [4.69, 9.17) is 0 Å². The molecule has 1 saturated heterocycles. The van der Waals surface area contributed by atoms with Crippen LogP contribution in [0.2, 0.25) is 0 Å². The first-order valence-electron chi connectivity index (χ1n) is 9.06. The number of thioether (sulfide) groups is 1. The standard InChI is InChI=1S/C18H22N4O3S2/c1-13-19-20-18(21(13)15-7-8-15)26-11-17(23)22(14-5-3-2-4-6-14)16-9-10-27(24,25)12-16/h2-6,15-16H,7-12H2,1H3/t16-/m0/s1. The predicted molar refractivity (Wildman–Crippen MR) is 105 cm³/mol. The van der Waals surface area contributed by atoms with Crippen LogP contribution in [0.25, 0.3) is 0 Å². The number of anilines is 1. The first-order valence-corrected chi connectivity index (χ1v) is 11.9. The number of hydrogen-bond donors (Lipinski definition) is 0. The lowest BCUT2D eigenvalue weighted by Crippen LogP contribution is -2.42. The molecule has 1 aliphatic heterocycles. The quantitative estimate of drug-likeness (QED) is 0.684. The van der Waals surface area contributed by atoms with Gasteiger partial charge < -0.3 is 9.47 Å². The van der Waals surface area contributed by atoms with Crippen LogP contribution in [0.15, 0.2) is 35.5 Å². The maximum atomic E-state index is 13.1. The Balaban J connectivity index is 1.53. The third kappa shape index (κ3) is 4.03. The Hall–Kier alpha value is -1.87. The molecular weight excluding hydrogens is 384 g/mol. The first kappa shape index (κ1) is 18.5. The predicted octanol–water partition coefficient (Wildman–Crippen LogP) is 2.23. The molecule has 2 heterocycles. The van der Waals surface area contributed by atoms with Gasteiger partial charge in [0.15, 0.2) is 15.0 Å². The highest BCUT2D eigenvalue weighted by atomic mass is 32.2. The van der Waals surface area contributed by atoms with Crippen molar-refractivity contribution in [1.82, 2.24) is 14.8 Å². The van der Waals surface area contributed by atoms with Crippen molar-refractivity contribution in [3.8, 4) is 0 Å². The summed E-state index contributed by atoms with van der Waals surface area (Å²) in [5.41, 5.74) is 0.741. The van der Waals surface area contributed by atoms with Crippen molar-refractivity contribution in [3.05, 3.63) is 36.2 Å². The number of rotatable bonds is 6. The highest BCUT2D eigenvalue weighted by molar-refractivity contribution is 7.99. The van der Waals surface area contributed by atoms with E-state index in [1.54, 1.807) is 4.90 Å². The van der Waals surface area contributed by atoms with E-state index in [2.05, 4.69) is 14.8 Å². The zero-order chi connectivity index (χ0) is 19.0. The normalized spacial score (nSPS) is 21.3. The number of carbonyl (C=O) groups excluding carboxylic acids is 1. The molecule has 4 rings (SSSR count). The molecule has 1 aromatic carbocycles. The van der Waals surface area contributed by atoms with Gasteiger partial charge >= 0.3 is 0 Å². The largest absolute Gasteiger partial charge is 0.308 e. The van der Waals surface area contributed by atoms with E-state index >= 15 is 0 Å². The number of amides is 1. The van der Waals surface area contributed by atoms with Crippen LogP contribution in [-0.2, 0) is 14.6 Å². The van der Waals surface area contributed by atoms with E-state index in [1.165, 1.54) is 11.8 Å². The number of aryl methyl sites for hydroxylation is 1. The average molecular weight is 407 g/mol. The lowest BCUT2D eigenvalue weighted by molar-refractivity contribution is -0.116. The Morgan fingerprint density at radius 2 is 1.96 bits per heavy atom. The SMILES string of the molecule is Cc1nnc(SCC(=O)N(c2ccccc2)[C@H]2CCS(=O)(=O)C2)n1C1CC1. The zero-order valence-electron chi connectivity index (χ0n) is 15.1. The van der Waals surface area contributed by atoms with Gasteiger partial charge in [0.25, 0.3) is 0 Å². The number of para-hydroxylation sites is 1. The van der Waals surface area contributed by atoms with Gasteiger partial charge in [-0.3, -0.25) is 4.79 Å². The summed E-state index contributed by atoms with van der Waals surface area (Å²) in [6, 6.07) is 9.44. The summed E-state index contributed by atoms with van der Waals surface area (Å²) in [6.07, 6.45) is 2.72. The van der Waals surface area contributed by atoms with Gasteiger partial charge in [-0.25, -0.2) is 8.42 Å². The second-order valence-electron chi connectivity index (χ2n) is 7.08. The van der Waals surface area contributed by atoms with E-state index in [1.807, 2.05) is 37.3 Å². The van der Waals surface area contributed by atoms with Crippen LogP contribution in [0.4, 0.5) is 5.69 Å². The monoisotopic (exact) mass is 406 g/mol. The van der Waals surface area contributed by atoms with Crippen LogP contribution in [0.1, 0.15) is 31.1 Å². The maximum Gasteiger partial charge on any atom is 0.237 e. The van der Waals surface area contributed by atoms with Gasteiger partial charge in [0.1, 0.15) is 5.82 Å². The number of nitrogens with zero attached hydrogens (tertiary/aromatic N) is 4. The molecule has 2 fully saturated rings. The molecule has 1 aromatic heterocycles. The summed E-state index contributed by atoms with van der Waals surface area (Å²) < 4.78 is 26.0. The molecule has 27 heavy (non-hydrogen) atoms. The molecule has 0 spiro atoms.